The van der Waals surface area contributed by atoms with Crippen LogP contribution in [-0.4, -0.2) is 88.3 Å². The fraction of sp³-hybridized carbons (Fsp3) is 0.389. The van der Waals surface area contributed by atoms with Gasteiger partial charge in [-0.3, -0.25) is 19.2 Å². The van der Waals surface area contributed by atoms with Crippen LogP contribution in [0.15, 0.2) is 78.2 Å². The standard InChI is InChI=1S/C36H44N4O11S/c1-5-49-30(42)20-28(16-17-52(4,47)48)38-29(41)21-37-33(43)32(27-18-25-14-10-11-15-26(25)19-27)39-34(44)31(23(3)35(45)50-6-2)40-36(46)51-22-24-12-8-7-9-13-24/h7-17,27-28,31-32H,3,5-6,18-22H2,1-2,4H3,(H,37,43)(H,38,41)(H,39,44)(H,40,46)/b17-16+/t28-,31+,32+/m1/s1. The molecule has 0 aromatic heterocycles. The van der Waals surface area contributed by atoms with E-state index < -0.39 is 81.8 Å². The normalized spacial score (nSPS) is 14.2. The first-order valence-corrected chi connectivity index (χ1v) is 18.5. The molecule has 0 spiro atoms. The van der Waals surface area contributed by atoms with E-state index in [0.717, 1.165) is 28.9 Å². The molecule has 1 aliphatic rings. The highest BCUT2D eigenvalue weighted by atomic mass is 32.2. The van der Waals surface area contributed by atoms with Crippen LogP contribution in [0.4, 0.5) is 4.79 Å². The fourth-order valence-corrected chi connectivity index (χ4v) is 5.81. The molecule has 4 amide bonds. The molecule has 0 aliphatic heterocycles. The maximum absolute atomic E-state index is 13.8. The largest absolute Gasteiger partial charge is 0.466 e. The van der Waals surface area contributed by atoms with Crippen molar-refractivity contribution in [2.45, 2.75) is 57.8 Å². The van der Waals surface area contributed by atoms with Gasteiger partial charge in [0.25, 0.3) is 0 Å². The second-order valence-corrected chi connectivity index (χ2v) is 13.8. The molecule has 0 radical (unpaired) electrons. The van der Waals surface area contributed by atoms with E-state index in [1.807, 2.05) is 24.3 Å². The maximum atomic E-state index is 13.8. The van der Waals surface area contributed by atoms with Crippen molar-refractivity contribution in [1.29, 1.82) is 0 Å². The summed E-state index contributed by atoms with van der Waals surface area (Å²) < 4.78 is 38.5. The van der Waals surface area contributed by atoms with Crippen LogP contribution in [0, 0.1) is 5.92 Å². The van der Waals surface area contributed by atoms with Crippen LogP contribution in [-0.2, 0) is 67.5 Å². The molecule has 15 nitrogen and oxygen atoms in total. The summed E-state index contributed by atoms with van der Waals surface area (Å²) >= 11 is 0. The quantitative estimate of drug-likeness (QED) is 0.0975. The van der Waals surface area contributed by atoms with E-state index in [1.165, 1.54) is 0 Å². The summed E-state index contributed by atoms with van der Waals surface area (Å²) in [5.41, 5.74) is 2.15. The van der Waals surface area contributed by atoms with Gasteiger partial charge in [-0.25, -0.2) is 18.0 Å². The lowest BCUT2D eigenvalue weighted by Crippen LogP contribution is -2.58. The Hall–Kier alpha value is -5.51. The molecular weight excluding hydrogens is 696 g/mol. The van der Waals surface area contributed by atoms with Gasteiger partial charge in [-0.15, -0.1) is 0 Å². The van der Waals surface area contributed by atoms with Crippen molar-refractivity contribution in [3.63, 3.8) is 0 Å². The summed E-state index contributed by atoms with van der Waals surface area (Å²) in [4.78, 5) is 78.0. The highest BCUT2D eigenvalue weighted by molar-refractivity contribution is 7.93. The Kier molecular flexibility index (Phi) is 15.6. The summed E-state index contributed by atoms with van der Waals surface area (Å²) in [6, 6.07) is 12.2. The van der Waals surface area contributed by atoms with Gasteiger partial charge < -0.3 is 35.5 Å². The summed E-state index contributed by atoms with van der Waals surface area (Å²) in [7, 11) is -3.59. The molecule has 2 aromatic rings. The van der Waals surface area contributed by atoms with Crippen LogP contribution in [0.3, 0.4) is 0 Å². The third-order valence-corrected chi connectivity index (χ3v) is 8.43. The first-order chi connectivity index (χ1) is 24.7. The highest BCUT2D eigenvalue weighted by Crippen LogP contribution is 2.29. The minimum absolute atomic E-state index is 0.0389. The molecule has 0 fully saturated rings. The number of benzene rings is 2. The van der Waals surface area contributed by atoms with Gasteiger partial charge in [-0.05, 0) is 49.3 Å². The van der Waals surface area contributed by atoms with Gasteiger partial charge in [0, 0.05) is 11.7 Å². The number of hydrogen-bond acceptors (Lipinski definition) is 11. The second-order valence-electron chi connectivity index (χ2n) is 11.9. The Morgan fingerprint density at radius 2 is 1.46 bits per heavy atom. The van der Waals surface area contributed by atoms with Crippen LogP contribution in [0.1, 0.15) is 37.0 Å². The summed E-state index contributed by atoms with van der Waals surface area (Å²) in [5.74, 6) is -4.63. The Labute approximate surface area is 302 Å². The lowest BCUT2D eigenvalue weighted by molar-refractivity contribution is -0.143. The zero-order valence-electron chi connectivity index (χ0n) is 29.2. The Morgan fingerprint density at radius 3 is 2.06 bits per heavy atom. The van der Waals surface area contributed by atoms with Crippen LogP contribution >= 0.6 is 0 Å². The zero-order valence-corrected chi connectivity index (χ0v) is 30.0. The number of hydrogen-bond donors (Lipinski definition) is 4. The van der Waals surface area contributed by atoms with E-state index in [9.17, 15) is 37.2 Å². The van der Waals surface area contributed by atoms with Gasteiger partial charge in [0.1, 0.15) is 18.7 Å². The zero-order chi connectivity index (χ0) is 38.3. The molecule has 3 rings (SSSR count). The number of nitrogens with one attached hydrogen (secondary N) is 4. The molecule has 0 saturated carbocycles. The number of carbonyl (C=O) groups is 6. The molecular formula is C36H44N4O11S. The van der Waals surface area contributed by atoms with Crippen molar-refractivity contribution in [2.24, 2.45) is 5.92 Å². The Bertz CT molecular complexity index is 1740. The lowest BCUT2D eigenvalue weighted by atomic mass is 9.94. The average molecular weight is 741 g/mol. The van der Waals surface area contributed by atoms with Crippen LogP contribution in [0.2, 0.25) is 0 Å². The van der Waals surface area contributed by atoms with Crippen molar-refractivity contribution in [3.05, 3.63) is 94.9 Å². The smallest absolute Gasteiger partial charge is 0.408 e. The SMILES string of the molecule is C=C(C(=O)OCC)[C@H](NC(=O)OCc1ccccc1)C(=O)N[C@H](C(=O)NCC(=O)N[C@H](/C=C/S(C)(=O)=O)CC(=O)OCC)C1Cc2ccccc2C1. The third-order valence-electron chi connectivity index (χ3n) is 7.78. The van der Waals surface area contributed by atoms with E-state index in [0.29, 0.717) is 18.4 Å². The number of alkyl carbamates (subject to hydrolysis) is 1. The van der Waals surface area contributed by atoms with Crippen molar-refractivity contribution < 1.29 is 51.4 Å². The molecule has 0 saturated heterocycles. The molecule has 16 heteroatoms. The van der Waals surface area contributed by atoms with E-state index in [1.54, 1.807) is 44.2 Å². The van der Waals surface area contributed by atoms with E-state index in [-0.39, 0.29) is 26.2 Å². The summed E-state index contributed by atoms with van der Waals surface area (Å²) in [6.07, 6.45) is 1.43. The maximum Gasteiger partial charge on any atom is 0.408 e. The third kappa shape index (κ3) is 13.3. The number of sulfone groups is 1. The molecule has 52 heavy (non-hydrogen) atoms. The number of fused-ring (bicyclic) bond motifs is 1. The molecule has 4 N–H and O–H groups in total. The summed E-state index contributed by atoms with van der Waals surface area (Å²) in [6.45, 7) is 6.09. The van der Waals surface area contributed by atoms with Crippen molar-refractivity contribution in [3.8, 4) is 0 Å². The van der Waals surface area contributed by atoms with Gasteiger partial charge in [-0.1, -0.05) is 67.3 Å². The van der Waals surface area contributed by atoms with Gasteiger partial charge in [0.15, 0.2) is 9.84 Å². The fourth-order valence-electron chi connectivity index (χ4n) is 5.34. The number of rotatable bonds is 18. The average Bonchev–Trinajstić information content (AvgIpc) is 3.54. The molecule has 0 unspecified atom stereocenters. The molecule has 0 heterocycles. The van der Waals surface area contributed by atoms with Gasteiger partial charge in [-0.2, -0.15) is 0 Å². The molecule has 3 atom stereocenters. The predicted molar refractivity (Wildman–Crippen MR) is 189 cm³/mol. The van der Waals surface area contributed by atoms with Crippen molar-refractivity contribution in [2.75, 3.05) is 26.0 Å². The Morgan fingerprint density at radius 1 is 0.846 bits per heavy atom. The van der Waals surface area contributed by atoms with E-state index in [2.05, 4.69) is 27.8 Å². The molecule has 1 aliphatic carbocycles. The van der Waals surface area contributed by atoms with Gasteiger partial charge in [0.05, 0.1) is 37.8 Å². The summed E-state index contributed by atoms with van der Waals surface area (Å²) in [5, 5.41) is 10.8. The van der Waals surface area contributed by atoms with E-state index in [4.69, 9.17) is 14.2 Å². The van der Waals surface area contributed by atoms with Crippen molar-refractivity contribution in [1.82, 2.24) is 21.3 Å². The monoisotopic (exact) mass is 740 g/mol. The lowest BCUT2D eigenvalue weighted by Gasteiger charge is -2.27. The predicted octanol–water partition coefficient (Wildman–Crippen LogP) is 1.41. The van der Waals surface area contributed by atoms with Gasteiger partial charge in [0.2, 0.25) is 17.7 Å². The van der Waals surface area contributed by atoms with Crippen LogP contribution < -0.4 is 21.3 Å². The Balaban J connectivity index is 1.80. The molecule has 0 bridgehead atoms. The van der Waals surface area contributed by atoms with Crippen LogP contribution in [0.5, 0.6) is 0 Å². The van der Waals surface area contributed by atoms with Crippen molar-refractivity contribution >= 4 is 45.6 Å². The molecule has 280 valence electrons. The minimum atomic E-state index is -3.59. The van der Waals surface area contributed by atoms with E-state index >= 15 is 0 Å². The number of ether oxygens (including phenoxy) is 3. The first kappa shape index (κ1) is 40.9. The van der Waals surface area contributed by atoms with Crippen LogP contribution in [0.25, 0.3) is 0 Å². The number of esters is 2. The topological polar surface area (TPSA) is 212 Å². The molecule has 2 aromatic carbocycles. The highest BCUT2D eigenvalue weighted by Gasteiger charge is 2.38. The number of carbonyl (C=O) groups excluding carboxylic acids is 6. The van der Waals surface area contributed by atoms with Gasteiger partial charge >= 0.3 is 18.0 Å². The second kappa shape index (κ2) is 19.8. The first-order valence-electron chi connectivity index (χ1n) is 16.5. The number of amides is 4. The minimum Gasteiger partial charge on any atom is -0.466 e.